The third kappa shape index (κ3) is 4.16. The van der Waals surface area contributed by atoms with Gasteiger partial charge in [0.1, 0.15) is 17.3 Å². The molecule has 0 saturated carbocycles. The highest BCUT2D eigenvalue weighted by atomic mass is 19.1. The highest BCUT2D eigenvalue weighted by molar-refractivity contribution is 6.64. The van der Waals surface area contributed by atoms with Gasteiger partial charge >= 0.3 is 0 Å². The lowest BCUT2D eigenvalue weighted by Gasteiger charge is -2.23. The molecule has 4 N–H and O–H groups in total. The van der Waals surface area contributed by atoms with Crippen LogP contribution in [0.1, 0.15) is 33.4 Å². The lowest BCUT2D eigenvalue weighted by molar-refractivity contribution is 0.549. The van der Waals surface area contributed by atoms with Crippen molar-refractivity contribution in [1.29, 1.82) is 26.6 Å². The number of benzene rings is 4. The summed E-state index contributed by atoms with van der Waals surface area (Å²) in [4.78, 5) is 4.83. The van der Waals surface area contributed by atoms with Gasteiger partial charge < -0.3 is 5.73 Å². The van der Waals surface area contributed by atoms with Gasteiger partial charge in [0.2, 0.25) is 0 Å². The van der Waals surface area contributed by atoms with Crippen LogP contribution >= 0.6 is 0 Å². The number of anilines is 1. The third-order valence-corrected chi connectivity index (χ3v) is 7.40. The number of pyridine rings is 1. The maximum Gasteiger partial charge on any atom is 0.169 e. The van der Waals surface area contributed by atoms with E-state index in [1.54, 1.807) is 42.5 Å². The second kappa shape index (κ2) is 10.4. The molecule has 0 saturated heterocycles. The average molecular weight is 580 g/mol. The molecule has 5 aromatic rings. The molecule has 0 bridgehead atoms. The normalized spacial score (nSPS) is 12.2. The minimum Gasteiger partial charge on any atom is -0.394 e. The Hall–Kier alpha value is -6.57. The van der Waals surface area contributed by atoms with Crippen molar-refractivity contribution in [2.75, 3.05) is 5.73 Å². The topological polar surface area (TPSA) is 158 Å². The third-order valence-electron chi connectivity index (χ3n) is 7.40. The monoisotopic (exact) mass is 579 g/mol. The first-order valence-corrected chi connectivity index (χ1v) is 12.9. The van der Waals surface area contributed by atoms with E-state index in [2.05, 4.69) is 0 Å². The van der Waals surface area contributed by atoms with Crippen molar-refractivity contribution in [3.8, 4) is 40.6 Å². The molecule has 0 unspecified atom stereocenters. The number of hydrogen-bond acceptors (Lipinski definition) is 7. The fourth-order valence-corrected chi connectivity index (χ4v) is 5.30. The highest BCUT2D eigenvalue weighted by Crippen LogP contribution is 2.40. The maximum absolute atomic E-state index is 15.0. The summed E-state index contributed by atoms with van der Waals surface area (Å²) in [5.41, 5.74) is 6.19. The largest absolute Gasteiger partial charge is 0.394 e. The molecule has 0 atom stereocenters. The predicted molar refractivity (Wildman–Crippen MR) is 160 cm³/mol. The van der Waals surface area contributed by atoms with E-state index in [0.29, 0.717) is 44.4 Å². The second-order valence-corrected chi connectivity index (χ2v) is 9.89. The number of nitrogens with one attached hydrogen (secondary N) is 2. The summed E-state index contributed by atoms with van der Waals surface area (Å²) in [6.45, 7) is 0. The molecule has 1 aromatic heterocycles. The van der Waals surface area contributed by atoms with Crippen molar-refractivity contribution >= 4 is 39.7 Å². The Labute approximate surface area is 248 Å². The summed E-state index contributed by atoms with van der Waals surface area (Å²) in [6.07, 6.45) is 1.68. The fraction of sp³-hybridized carbons (Fsp3) is 0. The van der Waals surface area contributed by atoms with Crippen molar-refractivity contribution in [3.05, 3.63) is 118 Å². The molecule has 0 aliphatic heterocycles. The molecule has 7 nitrogen and oxygen atoms in total. The quantitative estimate of drug-likeness (QED) is 0.194. The van der Waals surface area contributed by atoms with Crippen molar-refractivity contribution < 1.29 is 13.2 Å². The van der Waals surface area contributed by atoms with Crippen LogP contribution in [0.2, 0.25) is 0 Å². The van der Waals surface area contributed by atoms with E-state index in [1.807, 2.05) is 12.1 Å². The van der Waals surface area contributed by atoms with Crippen LogP contribution in [-0.4, -0.2) is 16.4 Å². The SMILES string of the molecule is N#Cc1cc(C#N)cc(C2=Cc3c(-c4ccc(-c5c(F)c(N)c(F)c(C#N)c5F)cc4)nc4ccccc4c3C(=N)C2=N)c1. The van der Waals surface area contributed by atoms with Crippen LogP contribution < -0.4 is 5.73 Å². The fourth-order valence-electron chi connectivity index (χ4n) is 5.30. The highest BCUT2D eigenvalue weighted by Gasteiger charge is 2.29. The minimum atomic E-state index is -1.47. The van der Waals surface area contributed by atoms with Crippen molar-refractivity contribution in [2.45, 2.75) is 0 Å². The van der Waals surface area contributed by atoms with E-state index >= 15 is 4.39 Å². The summed E-state index contributed by atoms with van der Waals surface area (Å²) in [5, 5.41) is 46.6. The first-order chi connectivity index (χ1) is 21.2. The number of fused-ring (bicyclic) bond motifs is 3. The smallest absolute Gasteiger partial charge is 0.169 e. The number of aromatic nitrogens is 1. The molecule has 4 aromatic carbocycles. The lowest BCUT2D eigenvalue weighted by Crippen LogP contribution is -2.21. The Morgan fingerprint density at radius 1 is 0.682 bits per heavy atom. The second-order valence-electron chi connectivity index (χ2n) is 9.89. The van der Waals surface area contributed by atoms with Gasteiger partial charge in [-0.05, 0) is 41.5 Å². The minimum absolute atomic E-state index is 0.00436. The summed E-state index contributed by atoms with van der Waals surface area (Å²) in [5.74, 6) is -4.17. The van der Waals surface area contributed by atoms with Gasteiger partial charge in [0.05, 0.1) is 51.5 Å². The molecule has 10 heteroatoms. The number of nitriles is 3. The van der Waals surface area contributed by atoms with Gasteiger partial charge in [-0.15, -0.1) is 0 Å². The molecule has 208 valence electrons. The molecule has 0 fully saturated rings. The molecule has 1 aliphatic rings. The zero-order valence-electron chi connectivity index (χ0n) is 22.4. The first-order valence-electron chi connectivity index (χ1n) is 12.9. The number of nitrogens with two attached hydrogens (primary N) is 1. The lowest BCUT2D eigenvalue weighted by atomic mass is 9.81. The molecule has 1 aliphatic carbocycles. The standard InChI is InChI=1S/C34H16F3N7/c35-28-24(15-40)29(36)33(43)30(37)26(28)18-5-7-19(8-6-18)34-23-12-22(20-10-16(13-38)9-17(11-20)14-39)31(41)32(42)27(23)21-3-1-2-4-25(21)44-34/h1-12,41-42H,43H2. The Morgan fingerprint density at radius 3 is 1.95 bits per heavy atom. The van der Waals surface area contributed by atoms with Crippen molar-refractivity contribution in [1.82, 2.24) is 4.98 Å². The van der Waals surface area contributed by atoms with Gasteiger partial charge in [0.25, 0.3) is 0 Å². The Kier molecular flexibility index (Phi) is 6.50. The van der Waals surface area contributed by atoms with Crippen LogP contribution in [-0.2, 0) is 0 Å². The van der Waals surface area contributed by atoms with E-state index in [9.17, 15) is 24.6 Å². The maximum atomic E-state index is 15.0. The Balaban J connectivity index is 1.59. The van der Waals surface area contributed by atoms with E-state index in [1.165, 1.54) is 36.4 Å². The summed E-state index contributed by atoms with van der Waals surface area (Å²) >= 11 is 0. The van der Waals surface area contributed by atoms with Crippen molar-refractivity contribution in [3.63, 3.8) is 0 Å². The summed E-state index contributed by atoms with van der Waals surface area (Å²) in [7, 11) is 0. The van der Waals surface area contributed by atoms with Crippen LogP contribution in [0.25, 0.3) is 44.9 Å². The molecular formula is C34H16F3N7. The predicted octanol–water partition coefficient (Wildman–Crippen LogP) is 7.13. The van der Waals surface area contributed by atoms with Gasteiger partial charge in [-0.1, -0.05) is 42.5 Å². The molecule has 6 rings (SSSR count). The molecule has 0 spiro atoms. The molecule has 1 heterocycles. The number of rotatable bonds is 3. The molecule has 0 amide bonds. The number of halogens is 3. The summed E-state index contributed by atoms with van der Waals surface area (Å²) in [6, 6.07) is 22.9. The van der Waals surface area contributed by atoms with Crippen LogP contribution in [0.15, 0.2) is 66.7 Å². The Bertz CT molecular complexity index is 2250. The first kappa shape index (κ1) is 27.6. The van der Waals surface area contributed by atoms with Gasteiger partial charge in [-0.25, -0.2) is 18.2 Å². The van der Waals surface area contributed by atoms with Gasteiger partial charge in [0.15, 0.2) is 17.5 Å². The molecular weight excluding hydrogens is 563 g/mol. The number of nitrogens with zero attached hydrogens (tertiary/aromatic N) is 4. The van der Waals surface area contributed by atoms with Crippen LogP contribution in [0.5, 0.6) is 0 Å². The summed E-state index contributed by atoms with van der Waals surface area (Å²) < 4.78 is 44.1. The number of nitrogen functional groups attached to an aromatic ring is 1. The molecule has 0 radical (unpaired) electrons. The average Bonchev–Trinajstić information content (AvgIpc) is 3.05. The van der Waals surface area contributed by atoms with Gasteiger partial charge in [-0.3, -0.25) is 10.8 Å². The van der Waals surface area contributed by atoms with Crippen LogP contribution in [0.4, 0.5) is 18.9 Å². The van der Waals surface area contributed by atoms with Crippen LogP contribution in [0, 0.1) is 62.3 Å². The van der Waals surface area contributed by atoms with E-state index in [4.69, 9.17) is 21.5 Å². The van der Waals surface area contributed by atoms with E-state index in [0.717, 1.165) is 0 Å². The zero-order chi connectivity index (χ0) is 31.3. The van der Waals surface area contributed by atoms with E-state index in [-0.39, 0.29) is 28.1 Å². The van der Waals surface area contributed by atoms with Gasteiger partial charge in [0, 0.05) is 27.6 Å². The number of hydrogen-bond donors (Lipinski definition) is 3. The van der Waals surface area contributed by atoms with Crippen LogP contribution in [0.3, 0.4) is 0 Å². The van der Waals surface area contributed by atoms with E-state index < -0.39 is 34.3 Å². The van der Waals surface area contributed by atoms with Gasteiger partial charge in [-0.2, -0.15) is 15.8 Å². The number of para-hydroxylation sites is 1. The van der Waals surface area contributed by atoms with Crippen molar-refractivity contribution in [2.24, 2.45) is 0 Å². The Morgan fingerprint density at radius 2 is 1.32 bits per heavy atom. The number of allylic oxidation sites excluding steroid dienone is 1. The zero-order valence-corrected chi connectivity index (χ0v) is 22.4. The molecule has 44 heavy (non-hydrogen) atoms.